The lowest BCUT2D eigenvalue weighted by molar-refractivity contribution is 0.0398. The molecule has 0 aliphatic carbocycles. The topological polar surface area (TPSA) is 94.8 Å². The minimum Gasteiger partial charge on any atom is -0.393 e. The molecule has 2 aromatic rings. The maximum absolute atomic E-state index is 6.48. The number of nitrogen functional groups attached to an aromatic ring is 1. The number of nitrogens with one attached hydrogen (secondary N) is 2. The summed E-state index contributed by atoms with van der Waals surface area (Å²) in [4.78, 5) is 16.7. The fraction of sp³-hybridized carbons (Fsp3) is 0.565. The number of aromatic nitrogens is 2. The van der Waals surface area contributed by atoms with Gasteiger partial charge in [0.05, 0.1) is 13.2 Å². The Morgan fingerprint density at radius 1 is 0.844 bits per heavy atom. The van der Waals surface area contributed by atoms with Crippen molar-refractivity contribution in [1.82, 2.24) is 24.7 Å². The van der Waals surface area contributed by atoms with Crippen LogP contribution in [0.25, 0.3) is 11.4 Å². The van der Waals surface area contributed by atoms with Gasteiger partial charge in [0.25, 0.3) is 0 Å². The summed E-state index contributed by atoms with van der Waals surface area (Å²) in [5.41, 5.74) is 8.03. The molecule has 0 saturated carbocycles. The van der Waals surface area contributed by atoms with E-state index in [0.29, 0.717) is 23.1 Å². The van der Waals surface area contributed by atoms with Crippen molar-refractivity contribution in [1.29, 1.82) is 0 Å². The third kappa shape index (κ3) is 6.29. The van der Waals surface area contributed by atoms with Gasteiger partial charge in [0.15, 0.2) is 17.5 Å². The maximum Gasteiger partial charge on any atom is 0.164 e. The Bertz CT molecular complexity index is 835. The van der Waals surface area contributed by atoms with Crippen LogP contribution in [0.4, 0.5) is 17.3 Å². The van der Waals surface area contributed by atoms with E-state index in [1.54, 1.807) is 0 Å². The Kier molecular flexibility index (Phi) is 8.11. The summed E-state index contributed by atoms with van der Waals surface area (Å²) in [5.74, 6) is 2.06. The highest BCUT2D eigenvalue weighted by molar-refractivity contribution is 5.77. The van der Waals surface area contributed by atoms with Crippen molar-refractivity contribution in [2.75, 3.05) is 102 Å². The van der Waals surface area contributed by atoms with Gasteiger partial charge in [0.2, 0.25) is 0 Å². The third-order valence-electron chi connectivity index (χ3n) is 6.12. The van der Waals surface area contributed by atoms with Crippen LogP contribution in [0.2, 0.25) is 0 Å². The molecule has 4 N–H and O–H groups in total. The quantitative estimate of drug-likeness (QED) is 0.530. The Morgan fingerprint density at radius 3 is 2.00 bits per heavy atom. The minimum absolute atomic E-state index is 0.574. The molecule has 2 fully saturated rings. The van der Waals surface area contributed by atoms with Crippen molar-refractivity contribution in [3.8, 4) is 11.4 Å². The molecule has 1 aromatic carbocycles. The SMILES string of the molecule is CN1CCN(CCNc2nc(-c3ccccc3)nc(NCCN3CCOCC3)c2N)CC1. The molecule has 4 rings (SSSR count). The molecule has 9 nitrogen and oxygen atoms in total. The Hall–Kier alpha value is -2.46. The van der Waals surface area contributed by atoms with Crippen LogP contribution in [0.1, 0.15) is 0 Å². The highest BCUT2D eigenvalue weighted by Crippen LogP contribution is 2.28. The lowest BCUT2D eigenvalue weighted by atomic mass is 10.2. The highest BCUT2D eigenvalue weighted by atomic mass is 16.5. The summed E-state index contributed by atoms with van der Waals surface area (Å²) in [6, 6.07) is 10.0. The molecule has 2 aliphatic rings. The predicted molar refractivity (Wildman–Crippen MR) is 130 cm³/mol. The Morgan fingerprint density at radius 2 is 1.41 bits per heavy atom. The van der Waals surface area contributed by atoms with E-state index >= 15 is 0 Å². The first-order valence-corrected chi connectivity index (χ1v) is 11.6. The second-order valence-corrected chi connectivity index (χ2v) is 8.48. The van der Waals surface area contributed by atoms with E-state index in [9.17, 15) is 0 Å². The first-order valence-electron chi connectivity index (χ1n) is 11.6. The zero-order valence-electron chi connectivity index (χ0n) is 19.1. The fourth-order valence-corrected chi connectivity index (χ4v) is 4.02. The van der Waals surface area contributed by atoms with Crippen LogP contribution in [0.5, 0.6) is 0 Å². The van der Waals surface area contributed by atoms with E-state index in [0.717, 1.165) is 84.2 Å². The first-order chi connectivity index (χ1) is 15.7. The van der Waals surface area contributed by atoms with Crippen molar-refractivity contribution in [3.63, 3.8) is 0 Å². The average molecular weight is 441 g/mol. The van der Waals surface area contributed by atoms with Gasteiger partial charge in [-0.1, -0.05) is 30.3 Å². The fourth-order valence-electron chi connectivity index (χ4n) is 4.02. The van der Waals surface area contributed by atoms with Gasteiger partial charge in [-0.3, -0.25) is 9.80 Å². The molecule has 2 aliphatic heterocycles. The van der Waals surface area contributed by atoms with Gasteiger partial charge in [0, 0.05) is 71.0 Å². The van der Waals surface area contributed by atoms with E-state index in [-0.39, 0.29) is 0 Å². The second-order valence-electron chi connectivity index (χ2n) is 8.48. The summed E-state index contributed by atoms with van der Waals surface area (Å²) >= 11 is 0. The van der Waals surface area contributed by atoms with Gasteiger partial charge in [-0.05, 0) is 7.05 Å². The van der Waals surface area contributed by atoms with Gasteiger partial charge in [-0.2, -0.15) is 0 Å². The van der Waals surface area contributed by atoms with Gasteiger partial charge in [-0.15, -0.1) is 0 Å². The van der Waals surface area contributed by atoms with Crippen molar-refractivity contribution >= 4 is 17.3 Å². The number of nitrogens with two attached hydrogens (primary N) is 1. The van der Waals surface area contributed by atoms with Crippen molar-refractivity contribution in [2.45, 2.75) is 0 Å². The van der Waals surface area contributed by atoms with E-state index in [4.69, 9.17) is 20.4 Å². The monoisotopic (exact) mass is 440 g/mol. The molecular weight excluding hydrogens is 404 g/mol. The summed E-state index contributed by atoms with van der Waals surface area (Å²) in [5, 5.41) is 6.90. The summed E-state index contributed by atoms with van der Waals surface area (Å²) < 4.78 is 5.43. The smallest absolute Gasteiger partial charge is 0.164 e. The number of morpholine rings is 1. The lowest BCUT2D eigenvalue weighted by Crippen LogP contribution is -2.45. The normalized spacial score (nSPS) is 18.5. The summed E-state index contributed by atoms with van der Waals surface area (Å²) in [7, 11) is 2.18. The highest BCUT2D eigenvalue weighted by Gasteiger charge is 2.16. The van der Waals surface area contributed by atoms with Crippen LogP contribution in [0.3, 0.4) is 0 Å². The van der Waals surface area contributed by atoms with Gasteiger partial charge in [0.1, 0.15) is 5.69 Å². The second kappa shape index (κ2) is 11.4. The van der Waals surface area contributed by atoms with Crippen LogP contribution in [0.15, 0.2) is 30.3 Å². The largest absolute Gasteiger partial charge is 0.393 e. The molecule has 9 heteroatoms. The molecule has 1 aromatic heterocycles. The van der Waals surface area contributed by atoms with Crippen molar-refractivity contribution in [3.05, 3.63) is 30.3 Å². The number of anilines is 3. The number of rotatable bonds is 9. The molecule has 0 atom stereocenters. The summed E-state index contributed by atoms with van der Waals surface area (Å²) in [6.45, 7) is 11.4. The first kappa shape index (κ1) is 22.7. The van der Waals surface area contributed by atoms with E-state index in [1.807, 2.05) is 30.3 Å². The molecular formula is C23H36N8O. The standard InChI is InChI=1S/C23H36N8O/c1-29-11-13-30(14-12-29)9-7-25-22-20(24)23(26-8-10-31-15-17-32-18-16-31)28-21(27-22)19-5-3-2-4-6-19/h2-6H,7-18,24H2,1H3,(H2,25,26,27,28). The van der Waals surface area contributed by atoms with Crippen LogP contribution in [0, 0.1) is 0 Å². The van der Waals surface area contributed by atoms with Crippen molar-refractivity contribution in [2.24, 2.45) is 0 Å². The molecule has 2 saturated heterocycles. The molecule has 0 amide bonds. The lowest BCUT2D eigenvalue weighted by Gasteiger charge is -2.32. The van der Waals surface area contributed by atoms with E-state index in [1.165, 1.54) is 0 Å². The minimum atomic E-state index is 0.574. The van der Waals surface area contributed by atoms with E-state index < -0.39 is 0 Å². The molecule has 0 unspecified atom stereocenters. The number of hydrogen-bond acceptors (Lipinski definition) is 9. The molecule has 0 spiro atoms. The maximum atomic E-state index is 6.48. The molecule has 0 radical (unpaired) electrons. The number of ether oxygens (including phenoxy) is 1. The van der Waals surface area contributed by atoms with Crippen LogP contribution < -0.4 is 16.4 Å². The van der Waals surface area contributed by atoms with Crippen LogP contribution >= 0.6 is 0 Å². The number of nitrogens with zero attached hydrogens (tertiary/aromatic N) is 5. The van der Waals surface area contributed by atoms with Crippen LogP contribution in [-0.2, 0) is 4.74 Å². The van der Waals surface area contributed by atoms with Gasteiger partial charge < -0.3 is 26.0 Å². The Labute approximate surface area is 190 Å². The third-order valence-corrected chi connectivity index (χ3v) is 6.12. The Balaban J connectivity index is 1.42. The van der Waals surface area contributed by atoms with E-state index in [2.05, 4.69) is 32.4 Å². The molecule has 32 heavy (non-hydrogen) atoms. The summed E-state index contributed by atoms with van der Waals surface area (Å²) in [6.07, 6.45) is 0. The zero-order valence-corrected chi connectivity index (χ0v) is 19.1. The van der Waals surface area contributed by atoms with Gasteiger partial charge in [-0.25, -0.2) is 9.97 Å². The van der Waals surface area contributed by atoms with Gasteiger partial charge >= 0.3 is 0 Å². The average Bonchev–Trinajstić information content (AvgIpc) is 2.83. The number of hydrogen-bond donors (Lipinski definition) is 3. The van der Waals surface area contributed by atoms with Crippen molar-refractivity contribution < 1.29 is 4.74 Å². The molecule has 174 valence electrons. The van der Waals surface area contributed by atoms with Crippen LogP contribution in [-0.4, -0.2) is 110 Å². The number of benzene rings is 1. The number of likely N-dealkylation sites (N-methyl/N-ethyl adjacent to an activating group) is 1. The predicted octanol–water partition coefficient (Wildman–Crippen LogP) is 1.13. The number of piperazine rings is 1. The zero-order chi connectivity index (χ0) is 22.2. The molecule has 3 heterocycles. The molecule has 0 bridgehead atoms.